The molecule has 0 atom stereocenters. The summed E-state index contributed by atoms with van der Waals surface area (Å²) in [6.07, 6.45) is 1.42. The summed E-state index contributed by atoms with van der Waals surface area (Å²) in [5, 5.41) is 21.4. The highest BCUT2D eigenvalue weighted by atomic mass is 79.9. The van der Waals surface area contributed by atoms with Crippen molar-refractivity contribution in [1.29, 1.82) is 5.26 Å². The van der Waals surface area contributed by atoms with Gasteiger partial charge in [0, 0.05) is 4.47 Å². The highest BCUT2D eigenvalue weighted by molar-refractivity contribution is 9.10. The molecule has 6 heteroatoms. The van der Waals surface area contributed by atoms with Crippen molar-refractivity contribution >= 4 is 33.6 Å². The number of nitrogens with zero attached hydrogens (tertiary/aromatic N) is 1. The first-order valence-corrected chi connectivity index (χ1v) is 7.39. The van der Waals surface area contributed by atoms with Gasteiger partial charge in [0.15, 0.2) is 11.5 Å². The Labute approximate surface area is 142 Å². The number of hydrogen-bond donors (Lipinski definition) is 2. The van der Waals surface area contributed by atoms with Crippen LogP contribution in [0.2, 0.25) is 0 Å². The zero-order valence-electron chi connectivity index (χ0n) is 12.2. The summed E-state index contributed by atoms with van der Waals surface area (Å²) >= 11 is 3.33. The van der Waals surface area contributed by atoms with Gasteiger partial charge in [0.1, 0.15) is 11.6 Å². The Morgan fingerprint density at radius 3 is 2.74 bits per heavy atom. The molecular formula is C17H13BrN2O3. The van der Waals surface area contributed by atoms with Crippen LogP contribution in [0.4, 0.5) is 5.69 Å². The van der Waals surface area contributed by atoms with E-state index in [9.17, 15) is 15.2 Å². The van der Waals surface area contributed by atoms with Gasteiger partial charge in [-0.05, 0) is 51.8 Å². The van der Waals surface area contributed by atoms with E-state index >= 15 is 0 Å². The van der Waals surface area contributed by atoms with Crippen molar-refractivity contribution in [2.75, 3.05) is 12.4 Å². The molecule has 2 aromatic carbocycles. The van der Waals surface area contributed by atoms with Crippen LogP contribution in [-0.4, -0.2) is 18.1 Å². The minimum Gasteiger partial charge on any atom is -0.504 e. The number of amides is 1. The number of phenols is 1. The molecule has 0 fully saturated rings. The van der Waals surface area contributed by atoms with Gasteiger partial charge < -0.3 is 15.2 Å². The molecule has 0 radical (unpaired) electrons. The number of benzene rings is 2. The molecule has 0 aliphatic rings. The van der Waals surface area contributed by atoms with E-state index in [4.69, 9.17) is 4.74 Å². The molecule has 0 heterocycles. The molecule has 0 saturated carbocycles. The van der Waals surface area contributed by atoms with Gasteiger partial charge in [-0.15, -0.1) is 0 Å². The second-order valence-electron chi connectivity index (χ2n) is 4.54. The molecule has 0 aliphatic heterocycles. The maximum atomic E-state index is 12.2. The van der Waals surface area contributed by atoms with E-state index in [1.54, 1.807) is 30.3 Å². The number of aromatic hydroxyl groups is 1. The van der Waals surface area contributed by atoms with Crippen LogP contribution in [0.25, 0.3) is 6.08 Å². The molecule has 2 rings (SSSR count). The zero-order chi connectivity index (χ0) is 16.8. The van der Waals surface area contributed by atoms with E-state index in [1.807, 2.05) is 12.1 Å². The summed E-state index contributed by atoms with van der Waals surface area (Å²) in [6.45, 7) is 0. The summed E-state index contributed by atoms with van der Waals surface area (Å²) < 4.78 is 5.72. The van der Waals surface area contributed by atoms with Crippen LogP contribution in [0.15, 0.2) is 52.5 Å². The number of rotatable bonds is 4. The van der Waals surface area contributed by atoms with Crippen LogP contribution >= 0.6 is 15.9 Å². The van der Waals surface area contributed by atoms with Gasteiger partial charge >= 0.3 is 0 Å². The Kier molecular flexibility index (Phi) is 5.39. The van der Waals surface area contributed by atoms with Gasteiger partial charge in [-0.1, -0.05) is 18.2 Å². The Bertz CT molecular complexity index is 810. The molecule has 0 unspecified atom stereocenters. The number of carbonyl (C=O) groups is 1. The maximum absolute atomic E-state index is 12.2. The van der Waals surface area contributed by atoms with Crippen molar-refractivity contribution in [3.8, 4) is 17.6 Å². The van der Waals surface area contributed by atoms with Crippen molar-refractivity contribution < 1.29 is 14.6 Å². The number of phenolic OH excluding ortho intramolecular Hbond substituents is 1. The Balaban J connectivity index is 2.27. The van der Waals surface area contributed by atoms with E-state index in [0.717, 1.165) is 4.47 Å². The van der Waals surface area contributed by atoms with Crippen LogP contribution < -0.4 is 10.1 Å². The number of nitrogens with one attached hydrogen (secondary N) is 1. The molecule has 2 aromatic rings. The van der Waals surface area contributed by atoms with E-state index in [2.05, 4.69) is 21.2 Å². The molecule has 0 spiro atoms. The second kappa shape index (κ2) is 7.47. The third-order valence-electron chi connectivity index (χ3n) is 3.00. The molecule has 5 nitrogen and oxygen atoms in total. The predicted molar refractivity (Wildman–Crippen MR) is 91.0 cm³/mol. The van der Waals surface area contributed by atoms with E-state index in [0.29, 0.717) is 11.3 Å². The van der Waals surface area contributed by atoms with Gasteiger partial charge in [-0.2, -0.15) is 5.26 Å². The first-order valence-electron chi connectivity index (χ1n) is 6.60. The number of carbonyl (C=O) groups excluding carboxylic acids is 1. The number of anilines is 1. The summed E-state index contributed by atoms with van der Waals surface area (Å²) in [4.78, 5) is 12.2. The Morgan fingerprint density at radius 2 is 2.09 bits per heavy atom. The van der Waals surface area contributed by atoms with Gasteiger partial charge in [0.05, 0.1) is 12.8 Å². The molecule has 0 aromatic heterocycles. The van der Waals surface area contributed by atoms with Gasteiger partial charge in [-0.3, -0.25) is 4.79 Å². The number of nitriles is 1. The SMILES string of the molecule is COc1cc(/C=C(\C#N)C(=O)Nc2ccccc2Br)ccc1O. The Hall–Kier alpha value is -2.78. The van der Waals surface area contributed by atoms with Crippen LogP contribution in [0.5, 0.6) is 11.5 Å². The summed E-state index contributed by atoms with van der Waals surface area (Å²) in [5.74, 6) is -0.269. The fourth-order valence-corrected chi connectivity index (χ4v) is 2.24. The number of ether oxygens (including phenoxy) is 1. The van der Waals surface area contributed by atoms with Crippen molar-refractivity contribution in [3.63, 3.8) is 0 Å². The van der Waals surface area contributed by atoms with Crippen LogP contribution in [0.1, 0.15) is 5.56 Å². The third kappa shape index (κ3) is 4.11. The number of para-hydroxylation sites is 1. The fraction of sp³-hybridized carbons (Fsp3) is 0.0588. The van der Waals surface area contributed by atoms with Gasteiger partial charge in [-0.25, -0.2) is 0 Å². The molecular weight excluding hydrogens is 360 g/mol. The van der Waals surface area contributed by atoms with Crippen LogP contribution in [-0.2, 0) is 4.79 Å². The summed E-state index contributed by atoms with van der Waals surface area (Å²) in [7, 11) is 1.42. The number of halogens is 1. The van der Waals surface area contributed by atoms with Crippen LogP contribution in [0.3, 0.4) is 0 Å². The van der Waals surface area contributed by atoms with E-state index in [-0.39, 0.29) is 17.1 Å². The molecule has 2 N–H and O–H groups in total. The van der Waals surface area contributed by atoms with Crippen molar-refractivity contribution in [1.82, 2.24) is 0 Å². The topological polar surface area (TPSA) is 82.3 Å². The lowest BCUT2D eigenvalue weighted by atomic mass is 10.1. The predicted octanol–water partition coefficient (Wildman–Crippen LogP) is 3.71. The fourth-order valence-electron chi connectivity index (χ4n) is 1.85. The molecule has 1 amide bonds. The van der Waals surface area contributed by atoms with Gasteiger partial charge in [0.2, 0.25) is 0 Å². The first kappa shape index (κ1) is 16.6. The summed E-state index contributed by atoms with van der Waals surface area (Å²) in [6, 6.07) is 13.5. The Morgan fingerprint density at radius 1 is 1.35 bits per heavy atom. The minimum absolute atomic E-state index is 0.0131. The smallest absolute Gasteiger partial charge is 0.266 e. The highest BCUT2D eigenvalue weighted by Gasteiger charge is 2.11. The molecule has 23 heavy (non-hydrogen) atoms. The second-order valence-corrected chi connectivity index (χ2v) is 5.39. The average Bonchev–Trinajstić information content (AvgIpc) is 2.56. The minimum atomic E-state index is -0.522. The maximum Gasteiger partial charge on any atom is 0.266 e. The zero-order valence-corrected chi connectivity index (χ0v) is 13.8. The van der Waals surface area contributed by atoms with Gasteiger partial charge in [0.25, 0.3) is 5.91 Å². The molecule has 0 bridgehead atoms. The lowest BCUT2D eigenvalue weighted by molar-refractivity contribution is -0.112. The van der Waals surface area contributed by atoms with E-state index < -0.39 is 5.91 Å². The number of hydrogen-bond acceptors (Lipinski definition) is 4. The first-order chi connectivity index (χ1) is 11.0. The van der Waals surface area contributed by atoms with Crippen molar-refractivity contribution in [3.05, 3.63) is 58.1 Å². The summed E-state index contributed by atoms with van der Waals surface area (Å²) in [5.41, 5.74) is 1.08. The largest absolute Gasteiger partial charge is 0.504 e. The molecule has 0 aliphatic carbocycles. The number of methoxy groups -OCH3 is 1. The lowest BCUT2D eigenvalue weighted by Crippen LogP contribution is -2.13. The molecule has 0 saturated heterocycles. The lowest BCUT2D eigenvalue weighted by Gasteiger charge is -2.07. The van der Waals surface area contributed by atoms with Crippen molar-refractivity contribution in [2.24, 2.45) is 0 Å². The molecule has 116 valence electrons. The standard InChI is InChI=1S/C17H13BrN2O3/c1-23-16-9-11(6-7-15(16)21)8-12(10-19)17(22)20-14-5-3-2-4-13(14)18/h2-9,21H,1H3,(H,20,22)/b12-8+. The van der Waals surface area contributed by atoms with E-state index in [1.165, 1.54) is 19.3 Å². The quantitative estimate of drug-likeness (QED) is 0.632. The third-order valence-corrected chi connectivity index (χ3v) is 3.69. The normalized spacial score (nSPS) is 10.7. The average molecular weight is 373 g/mol. The highest BCUT2D eigenvalue weighted by Crippen LogP contribution is 2.27. The monoisotopic (exact) mass is 372 g/mol. The van der Waals surface area contributed by atoms with Crippen LogP contribution in [0, 0.1) is 11.3 Å². The van der Waals surface area contributed by atoms with Crippen molar-refractivity contribution in [2.45, 2.75) is 0 Å².